The first-order chi connectivity index (χ1) is 8.33. The van der Waals surface area contributed by atoms with Crippen LogP contribution in [0.4, 0.5) is 5.82 Å². The molecule has 0 spiro atoms. The second kappa shape index (κ2) is 6.14. The molecule has 2 N–H and O–H groups in total. The van der Waals surface area contributed by atoms with Crippen molar-refractivity contribution in [2.75, 3.05) is 37.7 Å². The average Bonchev–Trinajstić information content (AvgIpc) is 2.38. The Balaban J connectivity index is 2.21. The molecule has 1 aliphatic rings. The summed E-state index contributed by atoms with van der Waals surface area (Å²) in [5.74, 6) is 0.932. The Morgan fingerprint density at radius 1 is 1.35 bits per heavy atom. The summed E-state index contributed by atoms with van der Waals surface area (Å²) in [6.45, 7) is 3.82. The van der Waals surface area contributed by atoms with Crippen LogP contribution in [0.1, 0.15) is 12.0 Å². The Labute approximate surface area is 106 Å². The number of rotatable bonds is 4. The molecule has 0 bridgehead atoms. The molecule has 1 saturated heterocycles. The largest absolute Gasteiger partial charge is 0.378 e. The molecule has 0 unspecified atom stereocenters. The highest BCUT2D eigenvalue weighted by molar-refractivity contribution is 6.30. The van der Waals surface area contributed by atoms with Gasteiger partial charge >= 0.3 is 0 Å². The van der Waals surface area contributed by atoms with Gasteiger partial charge in [0.15, 0.2) is 0 Å². The lowest BCUT2D eigenvalue weighted by molar-refractivity contribution is 0.122. The fraction of sp³-hybridized carbons (Fsp3) is 0.636. The number of ether oxygens (including phenoxy) is 1. The first-order valence-electron chi connectivity index (χ1n) is 5.85. The SMILES string of the molecule is NCCCc1c(Cl)ncnc1N1CCOCC1. The van der Waals surface area contributed by atoms with E-state index in [2.05, 4.69) is 14.9 Å². The van der Waals surface area contributed by atoms with Gasteiger partial charge in [0.2, 0.25) is 0 Å². The minimum Gasteiger partial charge on any atom is -0.378 e. The van der Waals surface area contributed by atoms with Crippen LogP contribution in [-0.4, -0.2) is 42.8 Å². The number of hydrogen-bond donors (Lipinski definition) is 1. The van der Waals surface area contributed by atoms with E-state index in [4.69, 9.17) is 22.1 Å². The highest BCUT2D eigenvalue weighted by Gasteiger charge is 2.18. The normalized spacial score (nSPS) is 16.2. The van der Waals surface area contributed by atoms with Crippen LogP contribution in [0.25, 0.3) is 0 Å². The molecule has 2 heterocycles. The first kappa shape index (κ1) is 12.5. The molecule has 1 aromatic rings. The minimum atomic E-state index is 0.537. The van der Waals surface area contributed by atoms with Gasteiger partial charge in [-0.3, -0.25) is 0 Å². The topological polar surface area (TPSA) is 64.3 Å². The summed E-state index contributed by atoms with van der Waals surface area (Å²) in [7, 11) is 0. The van der Waals surface area contributed by atoms with Crippen LogP contribution >= 0.6 is 11.6 Å². The number of halogens is 1. The number of aromatic nitrogens is 2. The fourth-order valence-corrected chi connectivity index (χ4v) is 2.15. The number of nitrogens with two attached hydrogens (primary N) is 1. The van der Waals surface area contributed by atoms with Crippen molar-refractivity contribution in [3.63, 3.8) is 0 Å². The molecule has 6 heteroatoms. The molecule has 0 aliphatic carbocycles. The van der Waals surface area contributed by atoms with E-state index in [1.54, 1.807) is 0 Å². The van der Waals surface area contributed by atoms with E-state index in [0.717, 1.165) is 50.5 Å². The lowest BCUT2D eigenvalue weighted by Crippen LogP contribution is -2.37. The highest BCUT2D eigenvalue weighted by atomic mass is 35.5. The van der Waals surface area contributed by atoms with Crippen LogP contribution in [-0.2, 0) is 11.2 Å². The van der Waals surface area contributed by atoms with Crippen LogP contribution in [0.2, 0.25) is 5.15 Å². The van der Waals surface area contributed by atoms with Crippen molar-refractivity contribution in [3.05, 3.63) is 17.0 Å². The molecule has 0 amide bonds. The van der Waals surface area contributed by atoms with Crippen molar-refractivity contribution in [1.82, 2.24) is 9.97 Å². The Hall–Kier alpha value is -0.910. The third-order valence-electron chi connectivity index (χ3n) is 2.81. The van der Waals surface area contributed by atoms with E-state index in [0.29, 0.717) is 11.7 Å². The van der Waals surface area contributed by atoms with E-state index < -0.39 is 0 Å². The van der Waals surface area contributed by atoms with Crippen LogP contribution in [0.5, 0.6) is 0 Å². The highest BCUT2D eigenvalue weighted by Crippen LogP contribution is 2.25. The maximum absolute atomic E-state index is 6.13. The van der Waals surface area contributed by atoms with Gasteiger partial charge in [-0.1, -0.05) is 11.6 Å². The fourth-order valence-electron chi connectivity index (χ4n) is 1.92. The van der Waals surface area contributed by atoms with Gasteiger partial charge in [0, 0.05) is 18.7 Å². The van der Waals surface area contributed by atoms with E-state index in [9.17, 15) is 0 Å². The van der Waals surface area contributed by atoms with Crippen LogP contribution in [0, 0.1) is 0 Å². The summed E-state index contributed by atoms with van der Waals surface area (Å²) in [6.07, 6.45) is 3.23. The van der Waals surface area contributed by atoms with E-state index in [-0.39, 0.29) is 0 Å². The maximum Gasteiger partial charge on any atom is 0.137 e. The molecule has 94 valence electrons. The van der Waals surface area contributed by atoms with Gasteiger partial charge < -0.3 is 15.4 Å². The van der Waals surface area contributed by atoms with Gasteiger partial charge in [-0.05, 0) is 19.4 Å². The smallest absolute Gasteiger partial charge is 0.137 e. The van der Waals surface area contributed by atoms with Crippen molar-refractivity contribution in [1.29, 1.82) is 0 Å². The molecule has 1 aromatic heterocycles. The third kappa shape index (κ3) is 3.06. The molecule has 1 aliphatic heterocycles. The molecule has 2 rings (SSSR count). The summed E-state index contributed by atoms with van der Waals surface area (Å²) in [6, 6.07) is 0. The molecular weight excluding hydrogens is 240 g/mol. The van der Waals surface area contributed by atoms with Crippen molar-refractivity contribution in [2.24, 2.45) is 5.73 Å². The number of nitrogens with zero attached hydrogens (tertiary/aromatic N) is 3. The molecule has 0 atom stereocenters. The summed E-state index contributed by atoms with van der Waals surface area (Å²) >= 11 is 6.13. The maximum atomic E-state index is 6.13. The quantitative estimate of drug-likeness (QED) is 0.810. The lowest BCUT2D eigenvalue weighted by Gasteiger charge is -2.29. The van der Waals surface area contributed by atoms with Gasteiger partial charge in [0.1, 0.15) is 17.3 Å². The summed E-state index contributed by atoms with van der Waals surface area (Å²) in [5, 5.41) is 0.537. The average molecular weight is 257 g/mol. The second-order valence-corrected chi connectivity index (χ2v) is 4.32. The Morgan fingerprint density at radius 2 is 2.12 bits per heavy atom. The van der Waals surface area contributed by atoms with Crippen molar-refractivity contribution in [2.45, 2.75) is 12.8 Å². The van der Waals surface area contributed by atoms with Crippen LogP contribution in [0.15, 0.2) is 6.33 Å². The van der Waals surface area contributed by atoms with Crippen molar-refractivity contribution < 1.29 is 4.74 Å². The standard InChI is InChI=1S/C11H17ClN4O/c12-10-9(2-1-3-13)11(15-8-14-10)16-4-6-17-7-5-16/h8H,1-7,13H2. The van der Waals surface area contributed by atoms with E-state index in [1.807, 2.05) is 0 Å². The van der Waals surface area contributed by atoms with Gasteiger partial charge in [-0.15, -0.1) is 0 Å². The van der Waals surface area contributed by atoms with Crippen LogP contribution < -0.4 is 10.6 Å². The molecule has 5 nitrogen and oxygen atoms in total. The van der Waals surface area contributed by atoms with Gasteiger partial charge in [-0.25, -0.2) is 9.97 Å². The summed E-state index contributed by atoms with van der Waals surface area (Å²) in [4.78, 5) is 10.6. The zero-order valence-electron chi connectivity index (χ0n) is 9.73. The number of morpholine rings is 1. The van der Waals surface area contributed by atoms with Gasteiger partial charge in [0.25, 0.3) is 0 Å². The lowest BCUT2D eigenvalue weighted by atomic mass is 10.1. The van der Waals surface area contributed by atoms with E-state index >= 15 is 0 Å². The monoisotopic (exact) mass is 256 g/mol. The molecule has 1 fully saturated rings. The first-order valence-corrected chi connectivity index (χ1v) is 6.23. The molecular formula is C11H17ClN4O. The van der Waals surface area contributed by atoms with Crippen molar-refractivity contribution >= 4 is 17.4 Å². The zero-order valence-corrected chi connectivity index (χ0v) is 10.5. The van der Waals surface area contributed by atoms with Crippen molar-refractivity contribution in [3.8, 4) is 0 Å². The van der Waals surface area contributed by atoms with Gasteiger partial charge in [0.05, 0.1) is 13.2 Å². The number of hydrogen-bond acceptors (Lipinski definition) is 5. The Bertz CT molecular complexity index is 368. The Kier molecular flexibility index (Phi) is 4.53. The zero-order chi connectivity index (χ0) is 12.1. The Morgan fingerprint density at radius 3 is 2.82 bits per heavy atom. The third-order valence-corrected chi connectivity index (χ3v) is 3.14. The summed E-state index contributed by atoms with van der Waals surface area (Å²) in [5.41, 5.74) is 6.54. The summed E-state index contributed by atoms with van der Waals surface area (Å²) < 4.78 is 5.33. The predicted octanol–water partition coefficient (Wildman–Crippen LogP) is 0.858. The van der Waals surface area contributed by atoms with Crippen LogP contribution in [0.3, 0.4) is 0 Å². The molecule has 0 saturated carbocycles. The molecule has 0 aromatic carbocycles. The minimum absolute atomic E-state index is 0.537. The number of anilines is 1. The van der Waals surface area contributed by atoms with E-state index in [1.165, 1.54) is 6.33 Å². The molecule has 17 heavy (non-hydrogen) atoms. The second-order valence-electron chi connectivity index (χ2n) is 3.96. The van der Waals surface area contributed by atoms with Gasteiger partial charge in [-0.2, -0.15) is 0 Å². The predicted molar refractivity (Wildman–Crippen MR) is 67.4 cm³/mol. The molecule has 0 radical (unpaired) electrons.